The molecule has 23 heavy (non-hydrogen) atoms. The van der Waals surface area contributed by atoms with Crippen LogP contribution in [0.1, 0.15) is 6.92 Å². The zero-order valence-electron chi connectivity index (χ0n) is 12.6. The highest BCUT2D eigenvalue weighted by Gasteiger charge is 2.43. The Hall–Kier alpha value is -1.72. The van der Waals surface area contributed by atoms with Crippen molar-refractivity contribution in [1.82, 2.24) is 10.6 Å². The van der Waals surface area contributed by atoms with Gasteiger partial charge in [-0.15, -0.1) is 0 Å². The van der Waals surface area contributed by atoms with Crippen LogP contribution in [-0.4, -0.2) is 82.8 Å². The van der Waals surface area contributed by atoms with Crippen LogP contribution in [0.25, 0.3) is 0 Å². The summed E-state index contributed by atoms with van der Waals surface area (Å²) in [4.78, 5) is 22.7. The highest BCUT2D eigenvalue weighted by atomic mass is 16.6. The molecule has 1 fully saturated rings. The number of aliphatic hydroxyl groups is 4. The van der Waals surface area contributed by atoms with E-state index in [4.69, 9.17) is 14.6 Å². The van der Waals surface area contributed by atoms with E-state index in [-0.39, 0.29) is 18.7 Å². The molecule has 10 nitrogen and oxygen atoms in total. The SMILES string of the molecule is C=C(C)C(=O)OCCNC(=O)N[C@@H]1O[C@H](CO)[C@@H](O)[C@H](O)[C@H]1O. The maximum Gasteiger partial charge on any atom is 0.333 e. The van der Waals surface area contributed by atoms with Crippen LogP contribution in [0.4, 0.5) is 4.79 Å². The number of carbonyl (C=O) groups is 2. The van der Waals surface area contributed by atoms with Crippen molar-refractivity contribution in [2.75, 3.05) is 19.8 Å². The highest BCUT2D eigenvalue weighted by Crippen LogP contribution is 2.19. The Balaban J connectivity index is 2.38. The third-order valence-electron chi connectivity index (χ3n) is 3.13. The van der Waals surface area contributed by atoms with Crippen molar-refractivity contribution in [3.8, 4) is 0 Å². The normalized spacial score (nSPS) is 30.4. The van der Waals surface area contributed by atoms with E-state index in [9.17, 15) is 24.9 Å². The fourth-order valence-corrected chi connectivity index (χ4v) is 1.83. The summed E-state index contributed by atoms with van der Waals surface area (Å²) in [5, 5.41) is 42.5. The largest absolute Gasteiger partial charge is 0.460 e. The van der Waals surface area contributed by atoms with E-state index in [0.717, 1.165) is 0 Å². The smallest absolute Gasteiger partial charge is 0.333 e. The van der Waals surface area contributed by atoms with E-state index in [0.29, 0.717) is 0 Å². The lowest BCUT2D eigenvalue weighted by molar-refractivity contribution is -0.233. The monoisotopic (exact) mass is 334 g/mol. The molecule has 0 aromatic heterocycles. The average molecular weight is 334 g/mol. The average Bonchev–Trinajstić information content (AvgIpc) is 2.51. The second-order valence-electron chi connectivity index (χ2n) is 5.07. The third-order valence-corrected chi connectivity index (χ3v) is 3.13. The summed E-state index contributed by atoms with van der Waals surface area (Å²) < 4.78 is 9.86. The van der Waals surface area contributed by atoms with E-state index in [2.05, 4.69) is 17.2 Å². The Labute approximate surface area is 132 Å². The van der Waals surface area contributed by atoms with Crippen LogP contribution in [0.2, 0.25) is 0 Å². The minimum absolute atomic E-state index is 0.00226. The molecule has 2 amide bonds. The van der Waals surface area contributed by atoms with E-state index in [1.165, 1.54) is 6.92 Å². The number of esters is 1. The minimum Gasteiger partial charge on any atom is -0.460 e. The molecule has 0 spiro atoms. The summed E-state index contributed by atoms with van der Waals surface area (Å²) in [5.41, 5.74) is 0.232. The van der Waals surface area contributed by atoms with Crippen molar-refractivity contribution in [2.45, 2.75) is 37.6 Å². The summed E-state index contributed by atoms with van der Waals surface area (Å²) in [5.74, 6) is -0.582. The van der Waals surface area contributed by atoms with Gasteiger partial charge in [-0.05, 0) is 6.92 Å². The van der Waals surface area contributed by atoms with Crippen molar-refractivity contribution in [1.29, 1.82) is 0 Å². The lowest BCUT2D eigenvalue weighted by atomic mass is 9.98. The Morgan fingerprint density at radius 1 is 1.22 bits per heavy atom. The molecular weight excluding hydrogens is 312 g/mol. The topological polar surface area (TPSA) is 158 Å². The number of aliphatic hydroxyl groups excluding tert-OH is 4. The molecule has 0 saturated carbocycles. The number of carbonyl (C=O) groups excluding carboxylic acids is 2. The predicted octanol–water partition coefficient (Wildman–Crippen LogP) is -2.80. The Morgan fingerprint density at radius 2 is 1.87 bits per heavy atom. The first-order valence-electron chi connectivity index (χ1n) is 6.95. The van der Waals surface area contributed by atoms with Crippen LogP contribution in [0.3, 0.4) is 0 Å². The third kappa shape index (κ3) is 5.44. The van der Waals surface area contributed by atoms with Crippen molar-refractivity contribution in [3.05, 3.63) is 12.2 Å². The molecule has 1 saturated heterocycles. The first-order chi connectivity index (χ1) is 10.8. The van der Waals surface area contributed by atoms with Gasteiger partial charge < -0.3 is 40.5 Å². The molecule has 0 aromatic carbocycles. The lowest BCUT2D eigenvalue weighted by Gasteiger charge is -2.40. The van der Waals surface area contributed by atoms with Crippen LogP contribution in [0.5, 0.6) is 0 Å². The van der Waals surface area contributed by atoms with Crippen molar-refractivity contribution in [2.24, 2.45) is 0 Å². The molecule has 0 aliphatic carbocycles. The van der Waals surface area contributed by atoms with Gasteiger partial charge >= 0.3 is 12.0 Å². The molecule has 6 N–H and O–H groups in total. The first-order valence-corrected chi connectivity index (χ1v) is 6.95. The Morgan fingerprint density at radius 3 is 2.43 bits per heavy atom. The number of rotatable bonds is 6. The second kappa shape index (κ2) is 8.79. The van der Waals surface area contributed by atoms with Gasteiger partial charge in [-0.3, -0.25) is 0 Å². The number of hydrogen-bond acceptors (Lipinski definition) is 8. The molecule has 1 aliphatic heterocycles. The van der Waals surface area contributed by atoms with Gasteiger partial charge in [0.1, 0.15) is 31.0 Å². The van der Waals surface area contributed by atoms with Crippen molar-refractivity contribution in [3.63, 3.8) is 0 Å². The van der Waals surface area contributed by atoms with Crippen LogP contribution < -0.4 is 10.6 Å². The molecule has 0 radical (unpaired) electrons. The summed E-state index contributed by atoms with van der Waals surface area (Å²) in [6.45, 7) is 4.22. The molecule has 1 rings (SSSR count). The Bertz CT molecular complexity index is 442. The van der Waals surface area contributed by atoms with E-state index in [1.54, 1.807) is 0 Å². The zero-order chi connectivity index (χ0) is 17.6. The standard InChI is InChI=1S/C13H22N2O8/c1-6(2)12(20)22-4-3-14-13(21)15-11-10(19)9(18)8(17)7(5-16)23-11/h7-11,16-19H,1,3-5H2,2H3,(H2,14,15,21)/t7-,8-,9+,10-,11-/m1/s1. The maximum absolute atomic E-state index is 11.6. The molecule has 0 aromatic rings. The van der Waals surface area contributed by atoms with Crippen LogP contribution in [0.15, 0.2) is 12.2 Å². The summed E-state index contributed by atoms with van der Waals surface area (Å²) in [6.07, 6.45) is -7.08. The van der Waals surface area contributed by atoms with Gasteiger partial charge in [0.25, 0.3) is 0 Å². The fraction of sp³-hybridized carbons (Fsp3) is 0.692. The van der Waals surface area contributed by atoms with Crippen molar-refractivity contribution < 1.29 is 39.5 Å². The molecule has 10 heteroatoms. The number of nitrogens with one attached hydrogen (secondary N) is 2. The van der Waals surface area contributed by atoms with Gasteiger partial charge in [-0.1, -0.05) is 6.58 Å². The highest BCUT2D eigenvalue weighted by molar-refractivity contribution is 5.86. The minimum atomic E-state index is -1.58. The molecule has 5 atom stereocenters. The molecule has 0 unspecified atom stereocenters. The molecule has 132 valence electrons. The molecule has 1 aliphatic rings. The quantitative estimate of drug-likeness (QED) is 0.173. The fourth-order valence-electron chi connectivity index (χ4n) is 1.83. The van der Waals surface area contributed by atoms with E-state index in [1.807, 2.05) is 0 Å². The second-order valence-corrected chi connectivity index (χ2v) is 5.07. The molecule has 0 bridgehead atoms. The van der Waals surface area contributed by atoms with Gasteiger partial charge in [0, 0.05) is 5.57 Å². The number of urea groups is 1. The first kappa shape index (κ1) is 19.3. The van der Waals surface area contributed by atoms with Gasteiger partial charge in [0.15, 0.2) is 6.23 Å². The number of ether oxygens (including phenoxy) is 2. The van der Waals surface area contributed by atoms with Gasteiger partial charge in [0.05, 0.1) is 13.2 Å². The van der Waals surface area contributed by atoms with Crippen LogP contribution >= 0.6 is 0 Å². The predicted molar refractivity (Wildman–Crippen MR) is 76.1 cm³/mol. The van der Waals surface area contributed by atoms with Gasteiger partial charge in [-0.25, -0.2) is 9.59 Å². The zero-order valence-corrected chi connectivity index (χ0v) is 12.6. The van der Waals surface area contributed by atoms with Gasteiger partial charge in [0.2, 0.25) is 0 Å². The van der Waals surface area contributed by atoms with E-state index < -0.39 is 49.3 Å². The maximum atomic E-state index is 11.6. The van der Waals surface area contributed by atoms with Gasteiger partial charge in [-0.2, -0.15) is 0 Å². The number of amides is 2. The van der Waals surface area contributed by atoms with Crippen LogP contribution in [0, 0.1) is 0 Å². The lowest BCUT2D eigenvalue weighted by Crippen LogP contribution is -2.64. The van der Waals surface area contributed by atoms with Crippen LogP contribution in [-0.2, 0) is 14.3 Å². The molecular formula is C13H22N2O8. The summed E-state index contributed by atoms with van der Waals surface area (Å²) in [7, 11) is 0. The summed E-state index contributed by atoms with van der Waals surface area (Å²) in [6, 6.07) is -0.749. The number of hydrogen-bond donors (Lipinski definition) is 6. The molecule has 1 heterocycles. The summed E-state index contributed by atoms with van der Waals surface area (Å²) >= 11 is 0. The van der Waals surface area contributed by atoms with E-state index >= 15 is 0 Å². The Kier molecular flexibility index (Phi) is 7.39. The van der Waals surface area contributed by atoms with Crippen molar-refractivity contribution >= 4 is 12.0 Å².